The second-order valence-electron chi connectivity index (χ2n) is 5.84. The second-order valence-corrected chi connectivity index (χ2v) is 8.53. The van der Waals surface area contributed by atoms with E-state index >= 15 is 0 Å². The highest BCUT2D eigenvalue weighted by atomic mass is 79.9. The Hall–Kier alpha value is -0.920. The zero-order chi connectivity index (χ0) is 16.4. The maximum absolute atomic E-state index is 12.2. The first-order chi connectivity index (χ1) is 10.2. The van der Waals surface area contributed by atoms with Gasteiger partial charge in [-0.3, -0.25) is 0 Å². The van der Waals surface area contributed by atoms with Crippen LogP contribution in [0.25, 0.3) is 11.1 Å². The third kappa shape index (κ3) is 5.90. The van der Waals surface area contributed by atoms with Crippen LogP contribution in [0.1, 0.15) is 13.8 Å². The Bertz CT molecular complexity index is 739. The molecule has 0 radical (unpaired) electrons. The van der Waals surface area contributed by atoms with Gasteiger partial charge >= 0.3 is 0 Å². The van der Waals surface area contributed by atoms with E-state index in [4.69, 9.17) is 5.73 Å². The van der Waals surface area contributed by atoms with Crippen molar-refractivity contribution in [3.05, 3.63) is 53.0 Å². The summed E-state index contributed by atoms with van der Waals surface area (Å²) in [7, 11) is -3.54. The van der Waals surface area contributed by atoms with Gasteiger partial charge in [-0.1, -0.05) is 40.2 Å². The van der Waals surface area contributed by atoms with Crippen molar-refractivity contribution in [1.29, 1.82) is 0 Å². The Kier molecular flexibility index (Phi) is 6.80. The summed E-state index contributed by atoms with van der Waals surface area (Å²) in [6, 6.07) is 14.6. The molecular weight excluding hydrogens is 400 g/mol. The Morgan fingerprint density at radius 1 is 1.00 bits per heavy atom. The lowest BCUT2D eigenvalue weighted by atomic mass is 10.1. The van der Waals surface area contributed by atoms with Crippen LogP contribution in [0.3, 0.4) is 0 Å². The van der Waals surface area contributed by atoms with Gasteiger partial charge < -0.3 is 5.73 Å². The van der Waals surface area contributed by atoms with E-state index in [1.54, 1.807) is 38.1 Å². The molecule has 3 N–H and O–H groups in total. The molecule has 0 unspecified atom stereocenters. The van der Waals surface area contributed by atoms with Gasteiger partial charge in [0.25, 0.3) is 0 Å². The molecule has 0 aliphatic rings. The zero-order valence-corrected chi connectivity index (χ0v) is 16.1. The predicted octanol–water partition coefficient (Wildman–Crippen LogP) is 3.55. The van der Waals surface area contributed by atoms with E-state index in [0.717, 1.165) is 15.6 Å². The summed E-state index contributed by atoms with van der Waals surface area (Å²) in [6.07, 6.45) is 0. The summed E-state index contributed by atoms with van der Waals surface area (Å²) in [5.74, 6) is 0. The zero-order valence-electron chi connectivity index (χ0n) is 12.9. The molecule has 0 spiro atoms. The molecule has 126 valence electrons. The third-order valence-corrected chi connectivity index (χ3v) is 5.01. The average molecular weight is 420 g/mol. The quantitative estimate of drug-likeness (QED) is 0.778. The van der Waals surface area contributed by atoms with Crippen molar-refractivity contribution in [2.75, 3.05) is 6.54 Å². The molecule has 0 saturated heterocycles. The smallest absolute Gasteiger partial charge is 0.240 e. The summed E-state index contributed by atoms with van der Waals surface area (Å²) >= 11 is 3.39. The van der Waals surface area contributed by atoms with E-state index in [0.29, 0.717) is 0 Å². The number of nitrogens with one attached hydrogen (secondary N) is 1. The Morgan fingerprint density at radius 2 is 1.43 bits per heavy atom. The van der Waals surface area contributed by atoms with Gasteiger partial charge in [0.05, 0.1) is 4.90 Å². The molecule has 0 fully saturated rings. The monoisotopic (exact) mass is 418 g/mol. The van der Waals surface area contributed by atoms with E-state index in [-0.39, 0.29) is 23.8 Å². The Balaban J connectivity index is 0.00000264. The molecule has 0 aliphatic carbocycles. The summed E-state index contributed by atoms with van der Waals surface area (Å²) in [5, 5.41) is 0. The van der Waals surface area contributed by atoms with Crippen molar-refractivity contribution in [2.24, 2.45) is 5.73 Å². The van der Waals surface area contributed by atoms with Crippen molar-refractivity contribution in [1.82, 2.24) is 4.72 Å². The minimum atomic E-state index is -3.54. The molecule has 0 aliphatic heterocycles. The average Bonchev–Trinajstić information content (AvgIpc) is 2.46. The molecule has 2 rings (SSSR count). The number of halogens is 2. The van der Waals surface area contributed by atoms with Crippen LogP contribution in [0, 0.1) is 0 Å². The van der Waals surface area contributed by atoms with Crippen LogP contribution in [-0.2, 0) is 10.0 Å². The maximum atomic E-state index is 12.2. The largest absolute Gasteiger partial charge is 0.324 e. The number of nitrogens with two attached hydrogens (primary N) is 1. The molecule has 4 nitrogen and oxygen atoms in total. The molecule has 0 heterocycles. The summed E-state index contributed by atoms with van der Waals surface area (Å²) in [5.41, 5.74) is 7.20. The van der Waals surface area contributed by atoms with E-state index in [1.807, 2.05) is 24.3 Å². The number of hydrogen-bond donors (Lipinski definition) is 2. The van der Waals surface area contributed by atoms with Crippen LogP contribution >= 0.6 is 28.3 Å². The van der Waals surface area contributed by atoms with E-state index in [1.165, 1.54) is 0 Å². The summed E-state index contributed by atoms with van der Waals surface area (Å²) < 4.78 is 27.9. The van der Waals surface area contributed by atoms with Crippen LogP contribution in [0.5, 0.6) is 0 Å². The van der Waals surface area contributed by atoms with Gasteiger partial charge in [-0.2, -0.15) is 0 Å². The van der Waals surface area contributed by atoms with Gasteiger partial charge in [0.15, 0.2) is 0 Å². The molecule has 0 amide bonds. The second kappa shape index (κ2) is 7.77. The lowest BCUT2D eigenvalue weighted by Gasteiger charge is -2.19. The normalized spacial score (nSPS) is 11.8. The van der Waals surface area contributed by atoms with E-state index in [2.05, 4.69) is 20.7 Å². The fourth-order valence-electron chi connectivity index (χ4n) is 1.83. The van der Waals surface area contributed by atoms with Gasteiger partial charge in [-0.05, 0) is 49.2 Å². The number of hydrogen-bond acceptors (Lipinski definition) is 3. The minimum absolute atomic E-state index is 0. The lowest BCUT2D eigenvalue weighted by molar-refractivity contribution is 0.498. The first-order valence-corrected chi connectivity index (χ1v) is 9.10. The molecule has 7 heteroatoms. The number of rotatable bonds is 5. The molecule has 0 saturated carbocycles. The van der Waals surface area contributed by atoms with Crippen molar-refractivity contribution in [2.45, 2.75) is 24.3 Å². The van der Waals surface area contributed by atoms with Crippen LogP contribution < -0.4 is 10.5 Å². The number of sulfonamides is 1. The van der Waals surface area contributed by atoms with Crippen molar-refractivity contribution in [3.63, 3.8) is 0 Å². The minimum Gasteiger partial charge on any atom is -0.324 e. The first-order valence-electron chi connectivity index (χ1n) is 6.82. The molecule has 23 heavy (non-hydrogen) atoms. The van der Waals surface area contributed by atoms with E-state index < -0.39 is 15.6 Å². The molecule has 0 bridgehead atoms. The van der Waals surface area contributed by atoms with Crippen LogP contribution in [0.2, 0.25) is 0 Å². The molecule has 0 atom stereocenters. The highest BCUT2D eigenvalue weighted by molar-refractivity contribution is 9.10. The van der Waals surface area contributed by atoms with Gasteiger partial charge in [0, 0.05) is 16.6 Å². The molecule has 0 aromatic heterocycles. The van der Waals surface area contributed by atoms with Crippen LogP contribution in [-0.4, -0.2) is 20.5 Å². The van der Waals surface area contributed by atoms with Crippen molar-refractivity contribution in [3.8, 4) is 11.1 Å². The van der Waals surface area contributed by atoms with Crippen LogP contribution in [0.15, 0.2) is 57.9 Å². The van der Waals surface area contributed by atoms with Gasteiger partial charge in [-0.25, -0.2) is 13.1 Å². The number of benzene rings is 2. The fourth-order valence-corrected chi connectivity index (χ4v) is 3.32. The SMILES string of the molecule is CC(C)(N)CNS(=O)(=O)c1ccc(-c2ccc(Br)cc2)cc1.Cl. The van der Waals surface area contributed by atoms with Gasteiger partial charge in [0.1, 0.15) is 0 Å². The predicted molar refractivity (Wildman–Crippen MR) is 100 cm³/mol. The van der Waals surface area contributed by atoms with Gasteiger partial charge in [-0.15, -0.1) is 12.4 Å². The topological polar surface area (TPSA) is 72.2 Å². The standard InChI is InChI=1S/C16H19BrN2O2S.ClH/c1-16(2,18)11-19-22(20,21)15-9-5-13(6-10-15)12-3-7-14(17)8-4-12;/h3-10,19H,11,18H2,1-2H3;1H. The maximum Gasteiger partial charge on any atom is 0.240 e. The van der Waals surface area contributed by atoms with Crippen molar-refractivity contribution >= 4 is 38.4 Å². The lowest BCUT2D eigenvalue weighted by Crippen LogP contribution is -2.45. The van der Waals surface area contributed by atoms with Crippen molar-refractivity contribution < 1.29 is 8.42 Å². The van der Waals surface area contributed by atoms with Gasteiger partial charge in [0.2, 0.25) is 10.0 Å². The summed E-state index contributed by atoms with van der Waals surface area (Å²) in [6.45, 7) is 3.72. The summed E-state index contributed by atoms with van der Waals surface area (Å²) in [4.78, 5) is 0.234. The Labute approximate surface area is 152 Å². The Morgan fingerprint density at radius 3 is 1.87 bits per heavy atom. The van der Waals surface area contributed by atoms with Crippen LogP contribution in [0.4, 0.5) is 0 Å². The fraction of sp³-hybridized carbons (Fsp3) is 0.250. The highest BCUT2D eigenvalue weighted by Gasteiger charge is 2.18. The first kappa shape index (κ1) is 20.1. The van der Waals surface area contributed by atoms with E-state index in [9.17, 15) is 8.42 Å². The third-order valence-electron chi connectivity index (χ3n) is 3.06. The highest BCUT2D eigenvalue weighted by Crippen LogP contribution is 2.23. The molecular formula is C16H20BrClN2O2S. The molecule has 2 aromatic carbocycles. The molecule has 2 aromatic rings.